The molecule has 0 atom stereocenters. The van der Waals surface area contributed by atoms with Crippen LogP contribution in [-0.4, -0.2) is 34.9 Å². The maximum absolute atomic E-state index is 12.6. The van der Waals surface area contributed by atoms with Crippen molar-refractivity contribution in [3.8, 4) is 0 Å². The third-order valence-corrected chi connectivity index (χ3v) is 4.21. The van der Waals surface area contributed by atoms with Crippen molar-refractivity contribution < 1.29 is 14.4 Å². The topological polar surface area (TPSA) is 78.8 Å². The summed E-state index contributed by atoms with van der Waals surface area (Å²) in [6, 6.07) is 7.42. The van der Waals surface area contributed by atoms with E-state index in [2.05, 4.69) is 10.4 Å². The van der Waals surface area contributed by atoms with Crippen molar-refractivity contribution in [2.75, 3.05) is 11.9 Å². The quantitative estimate of drug-likeness (QED) is 0.581. The van der Waals surface area contributed by atoms with Crippen LogP contribution in [0.5, 0.6) is 0 Å². The summed E-state index contributed by atoms with van der Waals surface area (Å²) in [5.74, 6) is -0.751. The molecule has 0 aliphatic carbocycles. The largest absolute Gasteiger partial charge is 0.322 e. The van der Waals surface area contributed by atoms with E-state index in [0.29, 0.717) is 17.0 Å². The van der Waals surface area contributed by atoms with E-state index in [9.17, 15) is 14.4 Å². The first-order chi connectivity index (χ1) is 13.3. The fraction of sp³-hybridized carbons (Fsp3) is 0.273. The molecule has 6 heteroatoms. The number of amides is 2. The molecule has 1 aliphatic rings. The van der Waals surface area contributed by atoms with Crippen molar-refractivity contribution in [2.24, 2.45) is 5.10 Å². The van der Waals surface area contributed by atoms with Crippen LogP contribution >= 0.6 is 0 Å². The number of nitrogens with zero attached hydrogens (tertiary/aromatic N) is 2. The maximum Gasteiger partial charge on any atom is 0.276 e. The summed E-state index contributed by atoms with van der Waals surface area (Å²) in [6.07, 6.45) is 7.27. The van der Waals surface area contributed by atoms with E-state index in [1.54, 1.807) is 25.1 Å². The number of hydrogen-bond donors (Lipinski definition) is 1. The molecule has 2 amide bonds. The molecular weight excluding hydrogens is 354 g/mol. The number of carbonyl (C=O) groups is 3. The van der Waals surface area contributed by atoms with Crippen LogP contribution in [0, 0.1) is 6.92 Å². The normalized spacial score (nSPS) is 16.1. The van der Waals surface area contributed by atoms with Gasteiger partial charge in [-0.2, -0.15) is 5.10 Å². The molecule has 2 rings (SSSR count). The molecule has 0 fully saturated rings. The summed E-state index contributed by atoms with van der Waals surface area (Å²) < 4.78 is 0. The second-order valence-corrected chi connectivity index (χ2v) is 6.46. The first-order valence-electron chi connectivity index (χ1n) is 9.16. The summed E-state index contributed by atoms with van der Waals surface area (Å²) in [5.41, 5.74) is 2.97. The molecule has 28 heavy (non-hydrogen) atoms. The Morgan fingerprint density at radius 2 is 1.93 bits per heavy atom. The lowest BCUT2D eigenvalue weighted by Gasteiger charge is -2.09. The zero-order valence-electron chi connectivity index (χ0n) is 16.7. The molecule has 0 unspecified atom stereocenters. The molecule has 1 heterocycles. The zero-order valence-corrected chi connectivity index (χ0v) is 16.7. The van der Waals surface area contributed by atoms with Gasteiger partial charge in [-0.05, 0) is 38.8 Å². The van der Waals surface area contributed by atoms with Crippen LogP contribution in [0.15, 0.2) is 64.8 Å². The van der Waals surface area contributed by atoms with Crippen LogP contribution in [0.1, 0.15) is 32.8 Å². The number of rotatable bonds is 7. The van der Waals surface area contributed by atoms with Gasteiger partial charge in [-0.1, -0.05) is 43.4 Å². The van der Waals surface area contributed by atoms with Gasteiger partial charge in [0.15, 0.2) is 5.78 Å². The predicted molar refractivity (Wildman–Crippen MR) is 111 cm³/mol. The Morgan fingerprint density at radius 1 is 1.21 bits per heavy atom. The Morgan fingerprint density at radius 3 is 2.57 bits per heavy atom. The molecule has 0 saturated carbocycles. The number of anilines is 1. The third kappa shape index (κ3) is 5.36. The molecule has 6 nitrogen and oxygen atoms in total. The van der Waals surface area contributed by atoms with Gasteiger partial charge < -0.3 is 5.32 Å². The van der Waals surface area contributed by atoms with Gasteiger partial charge in [0.1, 0.15) is 0 Å². The SMILES string of the molecule is CC/C=C(\C=C/CN1N=C(C)/C(=C\C(=O)Nc2ccccc2C)C1=O)C(C)=O. The molecule has 1 aromatic rings. The molecule has 0 aromatic heterocycles. The van der Waals surface area contributed by atoms with Crippen LogP contribution in [0.4, 0.5) is 5.69 Å². The number of para-hydroxylation sites is 1. The number of benzene rings is 1. The Balaban J connectivity index is 2.06. The van der Waals surface area contributed by atoms with Crippen molar-refractivity contribution in [1.82, 2.24) is 5.01 Å². The fourth-order valence-corrected chi connectivity index (χ4v) is 2.71. The van der Waals surface area contributed by atoms with Crippen molar-refractivity contribution in [2.45, 2.75) is 34.1 Å². The van der Waals surface area contributed by atoms with E-state index < -0.39 is 0 Å². The molecule has 0 bridgehead atoms. The Kier molecular flexibility index (Phi) is 7.21. The molecule has 1 N–H and O–H groups in total. The highest BCUT2D eigenvalue weighted by Gasteiger charge is 2.27. The maximum atomic E-state index is 12.6. The van der Waals surface area contributed by atoms with Gasteiger partial charge in [-0.3, -0.25) is 14.4 Å². The van der Waals surface area contributed by atoms with Gasteiger partial charge in [-0.25, -0.2) is 5.01 Å². The van der Waals surface area contributed by atoms with Crippen LogP contribution in [0.25, 0.3) is 0 Å². The van der Waals surface area contributed by atoms with Gasteiger partial charge in [-0.15, -0.1) is 0 Å². The van der Waals surface area contributed by atoms with Crippen LogP contribution in [-0.2, 0) is 14.4 Å². The third-order valence-electron chi connectivity index (χ3n) is 4.21. The smallest absolute Gasteiger partial charge is 0.276 e. The summed E-state index contributed by atoms with van der Waals surface area (Å²) in [6.45, 7) is 7.26. The minimum Gasteiger partial charge on any atom is -0.322 e. The highest BCUT2D eigenvalue weighted by Crippen LogP contribution is 2.17. The van der Waals surface area contributed by atoms with Gasteiger partial charge in [0, 0.05) is 17.3 Å². The van der Waals surface area contributed by atoms with Gasteiger partial charge in [0.05, 0.1) is 17.8 Å². The molecule has 0 saturated heterocycles. The summed E-state index contributed by atoms with van der Waals surface area (Å²) >= 11 is 0. The van der Waals surface area contributed by atoms with Crippen LogP contribution < -0.4 is 5.32 Å². The van der Waals surface area contributed by atoms with E-state index in [0.717, 1.165) is 12.0 Å². The Labute approximate surface area is 165 Å². The molecular formula is C22H25N3O3. The lowest BCUT2D eigenvalue weighted by molar-refractivity contribution is -0.125. The average molecular weight is 379 g/mol. The number of ketones is 1. The number of allylic oxidation sites excluding steroid dienone is 3. The van der Waals surface area contributed by atoms with Crippen molar-refractivity contribution in [3.63, 3.8) is 0 Å². The number of hydrogen-bond acceptors (Lipinski definition) is 4. The number of Topliss-reactive ketones (excluding diaryl/α,β-unsaturated/α-hetero) is 1. The highest BCUT2D eigenvalue weighted by molar-refractivity contribution is 6.26. The number of hydrazone groups is 1. The fourth-order valence-electron chi connectivity index (χ4n) is 2.71. The molecule has 1 aromatic carbocycles. The lowest BCUT2D eigenvalue weighted by atomic mass is 10.1. The van der Waals surface area contributed by atoms with E-state index >= 15 is 0 Å². The summed E-state index contributed by atoms with van der Waals surface area (Å²) in [5, 5.41) is 8.27. The first kappa shape index (κ1) is 21.0. The van der Waals surface area contributed by atoms with Gasteiger partial charge in [0.2, 0.25) is 5.91 Å². The highest BCUT2D eigenvalue weighted by atomic mass is 16.2. The minimum absolute atomic E-state index is 0.0287. The average Bonchev–Trinajstić information content (AvgIpc) is 2.90. The molecule has 0 radical (unpaired) electrons. The van der Waals surface area contributed by atoms with Crippen LogP contribution in [0.3, 0.4) is 0 Å². The van der Waals surface area contributed by atoms with E-state index in [1.807, 2.05) is 38.1 Å². The predicted octanol–water partition coefficient (Wildman–Crippen LogP) is 3.56. The zero-order chi connectivity index (χ0) is 20.7. The van der Waals surface area contributed by atoms with E-state index in [-0.39, 0.29) is 29.7 Å². The number of nitrogens with one attached hydrogen (secondary N) is 1. The minimum atomic E-state index is -0.380. The Bertz CT molecular complexity index is 907. The van der Waals surface area contributed by atoms with Crippen molar-refractivity contribution in [3.05, 3.63) is 65.3 Å². The second-order valence-electron chi connectivity index (χ2n) is 6.46. The standard InChI is InChI=1S/C22H25N3O3/c1-5-9-18(17(4)26)11-8-13-25-22(28)19(16(3)24-25)14-21(27)23-20-12-7-6-10-15(20)2/h6-12,14H,5,13H2,1-4H3,(H,23,27)/b11-8-,18-9+,19-14+. The van der Waals surface area contributed by atoms with Crippen molar-refractivity contribution in [1.29, 1.82) is 0 Å². The summed E-state index contributed by atoms with van der Waals surface area (Å²) in [4.78, 5) is 36.4. The summed E-state index contributed by atoms with van der Waals surface area (Å²) in [7, 11) is 0. The van der Waals surface area contributed by atoms with Crippen LogP contribution in [0.2, 0.25) is 0 Å². The van der Waals surface area contributed by atoms with E-state index in [1.165, 1.54) is 18.0 Å². The molecule has 1 aliphatic heterocycles. The second kappa shape index (κ2) is 9.60. The lowest BCUT2D eigenvalue weighted by Crippen LogP contribution is -2.23. The monoisotopic (exact) mass is 379 g/mol. The number of aryl methyl sites for hydroxylation is 1. The molecule has 0 spiro atoms. The van der Waals surface area contributed by atoms with Gasteiger partial charge >= 0.3 is 0 Å². The first-order valence-corrected chi connectivity index (χ1v) is 9.16. The molecule has 146 valence electrons. The number of carbonyl (C=O) groups excluding carboxylic acids is 3. The van der Waals surface area contributed by atoms with Crippen molar-refractivity contribution >= 4 is 29.0 Å². The van der Waals surface area contributed by atoms with E-state index in [4.69, 9.17) is 0 Å². The van der Waals surface area contributed by atoms with Gasteiger partial charge in [0.25, 0.3) is 5.91 Å². The Hall–Kier alpha value is -3.28.